The van der Waals surface area contributed by atoms with Gasteiger partial charge in [-0.05, 0) is 48.5 Å². The first-order chi connectivity index (χ1) is 14.6. The number of carbonyl (C=O) groups is 1. The zero-order valence-corrected chi connectivity index (χ0v) is 17.4. The van der Waals surface area contributed by atoms with Gasteiger partial charge in [0.05, 0.1) is 4.90 Å². The average Bonchev–Trinajstić information content (AvgIpc) is 3.22. The van der Waals surface area contributed by atoms with Crippen LogP contribution in [0.4, 0.5) is 18.9 Å². The van der Waals surface area contributed by atoms with Crippen LogP contribution in [0, 0.1) is 0 Å². The van der Waals surface area contributed by atoms with Crippen molar-refractivity contribution in [1.29, 1.82) is 0 Å². The van der Waals surface area contributed by atoms with Crippen molar-refractivity contribution >= 4 is 33.0 Å². The first-order valence-corrected chi connectivity index (χ1v) is 11.1. The Morgan fingerprint density at radius 1 is 1.06 bits per heavy atom. The number of amides is 1. The Hall–Kier alpha value is -2.96. The second-order valence-corrected chi connectivity index (χ2v) is 8.79. The average molecular weight is 471 g/mol. The van der Waals surface area contributed by atoms with E-state index in [0.717, 1.165) is 34.8 Å². The summed E-state index contributed by atoms with van der Waals surface area (Å²) >= 11 is 1.49. The summed E-state index contributed by atoms with van der Waals surface area (Å²) in [6.45, 7) is -0.188. The molecule has 0 aliphatic rings. The number of nitrogens with one attached hydrogen (secondary N) is 2. The van der Waals surface area contributed by atoms with E-state index in [1.807, 2.05) is 17.5 Å². The maximum absolute atomic E-state index is 12.2. The summed E-state index contributed by atoms with van der Waals surface area (Å²) in [7, 11) is -3.99. The quantitative estimate of drug-likeness (QED) is 0.517. The number of halogens is 3. The van der Waals surface area contributed by atoms with Crippen molar-refractivity contribution < 1.29 is 31.1 Å². The van der Waals surface area contributed by atoms with Gasteiger partial charge in [0.2, 0.25) is 15.9 Å². The highest BCUT2D eigenvalue weighted by Gasteiger charge is 2.31. The van der Waals surface area contributed by atoms with E-state index in [2.05, 4.69) is 19.8 Å². The molecule has 0 saturated carbocycles. The molecule has 0 saturated heterocycles. The Morgan fingerprint density at radius 2 is 1.74 bits per heavy atom. The van der Waals surface area contributed by atoms with Crippen LogP contribution < -0.4 is 14.8 Å². The van der Waals surface area contributed by atoms with Crippen LogP contribution in [0.15, 0.2) is 65.0 Å². The van der Waals surface area contributed by atoms with Gasteiger partial charge in [-0.15, -0.1) is 24.5 Å². The van der Waals surface area contributed by atoms with Crippen LogP contribution >= 0.6 is 11.3 Å². The lowest BCUT2D eigenvalue weighted by atomic mass is 10.2. The number of anilines is 1. The van der Waals surface area contributed by atoms with Gasteiger partial charge in [0.15, 0.2) is 0 Å². The Labute approximate surface area is 179 Å². The number of thiazole rings is 1. The van der Waals surface area contributed by atoms with Crippen LogP contribution in [0.5, 0.6) is 5.75 Å². The fourth-order valence-corrected chi connectivity index (χ4v) is 4.16. The Kier molecular flexibility index (Phi) is 6.93. The molecule has 164 valence electrons. The van der Waals surface area contributed by atoms with Crippen molar-refractivity contribution in [1.82, 2.24) is 9.71 Å². The highest BCUT2D eigenvalue weighted by molar-refractivity contribution is 7.89. The van der Waals surface area contributed by atoms with E-state index in [4.69, 9.17) is 0 Å². The van der Waals surface area contributed by atoms with Gasteiger partial charge >= 0.3 is 6.36 Å². The number of alkyl halides is 3. The molecule has 0 fully saturated rings. The van der Waals surface area contributed by atoms with Gasteiger partial charge in [0.1, 0.15) is 10.8 Å². The molecule has 1 heterocycles. The minimum absolute atomic E-state index is 0.136. The molecule has 3 aromatic rings. The van der Waals surface area contributed by atoms with E-state index < -0.39 is 28.0 Å². The molecule has 1 aromatic heterocycles. The smallest absolute Gasteiger partial charge is 0.406 e. The summed E-state index contributed by atoms with van der Waals surface area (Å²) in [6, 6.07) is 10.8. The van der Waals surface area contributed by atoms with Crippen molar-refractivity contribution in [2.75, 3.05) is 11.9 Å². The third-order valence-electron chi connectivity index (χ3n) is 3.86. The normalized spacial score (nSPS) is 11.8. The standard InChI is InChI=1S/C19H16F3N3O4S2/c20-19(21,22)29-15-5-7-16(8-6-15)31(27,28)24-10-9-17(26)25-14-3-1-13(2-4-14)18-23-11-12-30-18/h1-8,11-12,24H,9-10H2,(H,25,26). The van der Waals surface area contributed by atoms with Crippen molar-refractivity contribution in [2.24, 2.45) is 0 Å². The second-order valence-electron chi connectivity index (χ2n) is 6.13. The SMILES string of the molecule is O=C(CCNS(=O)(=O)c1ccc(OC(F)(F)F)cc1)Nc1ccc(-c2nccs2)cc1. The lowest BCUT2D eigenvalue weighted by molar-refractivity contribution is -0.274. The number of carbonyl (C=O) groups excluding carboxylic acids is 1. The zero-order chi connectivity index (χ0) is 22.5. The Bertz CT molecular complexity index is 1120. The predicted molar refractivity (Wildman–Crippen MR) is 109 cm³/mol. The third-order valence-corrected chi connectivity index (χ3v) is 6.16. The highest BCUT2D eigenvalue weighted by atomic mass is 32.2. The van der Waals surface area contributed by atoms with Gasteiger partial charge in [-0.25, -0.2) is 18.1 Å². The molecule has 0 bridgehead atoms. The number of ether oxygens (including phenoxy) is 1. The number of hydrogen-bond acceptors (Lipinski definition) is 6. The fraction of sp³-hybridized carbons (Fsp3) is 0.158. The van der Waals surface area contributed by atoms with Crippen molar-refractivity contribution in [3.05, 3.63) is 60.1 Å². The van der Waals surface area contributed by atoms with E-state index in [9.17, 15) is 26.4 Å². The van der Waals surface area contributed by atoms with E-state index in [0.29, 0.717) is 5.69 Å². The highest BCUT2D eigenvalue weighted by Crippen LogP contribution is 2.24. The maximum atomic E-state index is 12.2. The van der Waals surface area contributed by atoms with Gasteiger partial charge in [-0.2, -0.15) is 0 Å². The number of benzene rings is 2. The third kappa shape index (κ3) is 6.77. The summed E-state index contributed by atoms with van der Waals surface area (Å²) in [5.74, 6) is -0.940. The molecule has 31 heavy (non-hydrogen) atoms. The van der Waals surface area contributed by atoms with Crippen LogP contribution in [0.2, 0.25) is 0 Å². The molecular formula is C19H16F3N3O4S2. The number of sulfonamides is 1. The number of aromatic nitrogens is 1. The summed E-state index contributed by atoms with van der Waals surface area (Å²) in [5, 5.41) is 5.37. The van der Waals surface area contributed by atoms with Crippen LogP contribution in [0.3, 0.4) is 0 Å². The van der Waals surface area contributed by atoms with Gasteiger partial charge < -0.3 is 10.1 Å². The summed E-state index contributed by atoms with van der Waals surface area (Å²) in [5.41, 5.74) is 1.46. The molecule has 2 aromatic carbocycles. The monoisotopic (exact) mass is 471 g/mol. The predicted octanol–water partition coefficient (Wildman–Crippen LogP) is 4.02. The molecule has 0 atom stereocenters. The minimum Gasteiger partial charge on any atom is -0.406 e. The molecule has 3 rings (SSSR count). The summed E-state index contributed by atoms with van der Waals surface area (Å²) in [6.07, 6.45) is -3.31. The van der Waals surface area contributed by atoms with E-state index in [1.54, 1.807) is 18.3 Å². The van der Waals surface area contributed by atoms with Crippen molar-refractivity contribution in [3.63, 3.8) is 0 Å². The van der Waals surface area contributed by atoms with Gasteiger partial charge in [0, 0.05) is 35.8 Å². The van der Waals surface area contributed by atoms with Crippen molar-refractivity contribution in [2.45, 2.75) is 17.7 Å². The number of rotatable bonds is 8. The Balaban J connectivity index is 1.49. The van der Waals surface area contributed by atoms with E-state index in [1.165, 1.54) is 11.3 Å². The number of nitrogens with zero attached hydrogens (tertiary/aromatic N) is 1. The summed E-state index contributed by atoms with van der Waals surface area (Å²) < 4.78 is 66.8. The molecule has 0 unspecified atom stereocenters. The topological polar surface area (TPSA) is 97.4 Å². The van der Waals surface area contributed by atoms with Crippen LogP contribution in [0.25, 0.3) is 10.6 Å². The Morgan fingerprint density at radius 3 is 2.32 bits per heavy atom. The zero-order valence-electron chi connectivity index (χ0n) is 15.7. The first-order valence-electron chi connectivity index (χ1n) is 8.78. The molecule has 0 aliphatic carbocycles. The minimum atomic E-state index is -4.87. The molecule has 0 aliphatic heterocycles. The van der Waals surface area contributed by atoms with E-state index in [-0.39, 0.29) is 17.9 Å². The second kappa shape index (κ2) is 9.45. The summed E-state index contributed by atoms with van der Waals surface area (Å²) in [4.78, 5) is 16.0. The lowest BCUT2D eigenvalue weighted by Gasteiger charge is -2.10. The molecule has 7 nitrogen and oxygen atoms in total. The van der Waals surface area contributed by atoms with Crippen LogP contribution in [-0.4, -0.2) is 32.2 Å². The molecular weight excluding hydrogens is 455 g/mol. The molecule has 0 radical (unpaired) electrons. The largest absolute Gasteiger partial charge is 0.573 e. The molecule has 2 N–H and O–H groups in total. The van der Waals surface area contributed by atoms with Crippen LogP contribution in [0.1, 0.15) is 6.42 Å². The van der Waals surface area contributed by atoms with Crippen LogP contribution in [-0.2, 0) is 14.8 Å². The molecule has 0 spiro atoms. The first kappa shape index (κ1) is 22.7. The number of hydrogen-bond donors (Lipinski definition) is 2. The maximum Gasteiger partial charge on any atom is 0.573 e. The van der Waals surface area contributed by atoms with E-state index >= 15 is 0 Å². The van der Waals surface area contributed by atoms with Gasteiger partial charge in [-0.3, -0.25) is 4.79 Å². The van der Waals surface area contributed by atoms with Gasteiger partial charge in [0.25, 0.3) is 0 Å². The molecule has 12 heteroatoms. The fourth-order valence-electron chi connectivity index (χ4n) is 2.49. The van der Waals surface area contributed by atoms with Gasteiger partial charge in [-0.1, -0.05) is 0 Å². The van der Waals surface area contributed by atoms with Crippen molar-refractivity contribution in [3.8, 4) is 16.3 Å². The molecule has 1 amide bonds. The lowest BCUT2D eigenvalue weighted by Crippen LogP contribution is -2.27.